The van der Waals surface area contributed by atoms with E-state index < -0.39 is 11.9 Å². The fraction of sp³-hybridized carbons (Fsp3) is 0.462. The van der Waals surface area contributed by atoms with Gasteiger partial charge in [-0.3, -0.25) is 9.69 Å². The third kappa shape index (κ3) is 4.61. The van der Waals surface area contributed by atoms with Gasteiger partial charge in [-0.05, 0) is 60.2 Å². The van der Waals surface area contributed by atoms with E-state index in [0.29, 0.717) is 43.2 Å². The van der Waals surface area contributed by atoms with Crippen molar-refractivity contribution in [1.29, 1.82) is 0 Å². The summed E-state index contributed by atoms with van der Waals surface area (Å²) in [5.74, 6) is 1.08. The van der Waals surface area contributed by atoms with Crippen LogP contribution in [0.15, 0.2) is 36.7 Å². The summed E-state index contributed by atoms with van der Waals surface area (Å²) in [5.41, 5.74) is 1.31. The number of halogens is 3. The minimum Gasteiger partial charge on any atom is -0.379 e. The van der Waals surface area contributed by atoms with Crippen LogP contribution in [-0.2, 0) is 42.9 Å². The maximum atomic E-state index is 13.7. The highest BCUT2D eigenvalue weighted by Gasteiger charge is 2.43. The Hall–Kier alpha value is -3.31. The third-order valence-corrected chi connectivity index (χ3v) is 7.48. The number of carbonyl (C=O) groups is 1. The quantitative estimate of drug-likeness (QED) is 0.498. The molecule has 8 nitrogen and oxygen atoms in total. The number of benzene rings is 1. The van der Waals surface area contributed by atoms with Crippen LogP contribution in [0.2, 0.25) is 0 Å². The first-order valence-electron chi connectivity index (χ1n) is 12.4. The van der Waals surface area contributed by atoms with Gasteiger partial charge in [-0.1, -0.05) is 12.1 Å². The summed E-state index contributed by atoms with van der Waals surface area (Å²) in [4.78, 5) is 18.7. The zero-order valence-electron chi connectivity index (χ0n) is 20.4. The predicted molar refractivity (Wildman–Crippen MR) is 128 cm³/mol. The molecule has 0 bridgehead atoms. The molecule has 194 valence electrons. The topological polar surface area (TPSA) is 85.2 Å². The van der Waals surface area contributed by atoms with E-state index in [1.807, 2.05) is 29.8 Å². The second-order valence-corrected chi connectivity index (χ2v) is 10.4. The predicted octanol–water partition coefficient (Wildman–Crippen LogP) is 3.40. The molecule has 2 fully saturated rings. The third-order valence-electron chi connectivity index (χ3n) is 7.48. The summed E-state index contributed by atoms with van der Waals surface area (Å²) >= 11 is 0. The number of nitrogens with one attached hydrogen (secondary N) is 1. The van der Waals surface area contributed by atoms with Crippen LogP contribution in [0.5, 0.6) is 0 Å². The first-order chi connectivity index (χ1) is 17.7. The number of ether oxygens (including phenoxy) is 1. The van der Waals surface area contributed by atoms with Crippen molar-refractivity contribution in [3.8, 4) is 0 Å². The number of carbonyl (C=O) groups excluding carboxylic acids is 1. The highest BCUT2D eigenvalue weighted by molar-refractivity contribution is 6.09. The van der Waals surface area contributed by atoms with Crippen LogP contribution in [-0.4, -0.2) is 45.4 Å². The second kappa shape index (κ2) is 8.91. The van der Waals surface area contributed by atoms with Crippen LogP contribution in [0.25, 0.3) is 0 Å². The average Bonchev–Trinajstić information content (AvgIpc) is 3.49. The summed E-state index contributed by atoms with van der Waals surface area (Å²) in [6, 6.07) is 8.34. The second-order valence-electron chi connectivity index (χ2n) is 10.4. The maximum absolute atomic E-state index is 13.7. The summed E-state index contributed by atoms with van der Waals surface area (Å²) in [6.45, 7) is 2.21. The van der Waals surface area contributed by atoms with E-state index in [9.17, 15) is 18.0 Å². The SMILES string of the molecule is Cn1cnnc1CC1(c2ccc3c(c2)C(=O)N(c2cc(CNCC4CC4)cc(C(F)(F)F)n2)C3)COC1. The Morgan fingerprint density at radius 3 is 2.65 bits per heavy atom. The number of hydrogen-bond acceptors (Lipinski definition) is 6. The highest BCUT2D eigenvalue weighted by Crippen LogP contribution is 2.39. The lowest BCUT2D eigenvalue weighted by Gasteiger charge is -2.41. The molecule has 3 aliphatic rings. The van der Waals surface area contributed by atoms with Crippen LogP contribution in [0.4, 0.5) is 19.0 Å². The molecule has 1 aromatic carbocycles. The number of anilines is 1. The molecule has 6 rings (SSSR count). The van der Waals surface area contributed by atoms with Gasteiger partial charge in [-0.25, -0.2) is 4.98 Å². The molecule has 0 spiro atoms. The lowest BCUT2D eigenvalue weighted by atomic mass is 9.75. The van der Waals surface area contributed by atoms with Gasteiger partial charge in [0.25, 0.3) is 5.91 Å². The highest BCUT2D eigenvalue weighted by atomic mass is 19.4. The number of amides is 1. The summed E-state index contributed by atoms with van der Waals surface area (Å²) in [6.07, 6.45) is -0.0641. The largest absolute Gasteiger partial charge is 0.433 e. The van der Waals surface area contributed by atoms with E-state index in [0.717, 1.165) is 42.4 Å². The normalized spacial score (nSPS) is 18.7. The summed E-state index contributed by atoms with van der Waals surface area (Å²) in [7, 11) is 1.88. The van der Waals surface area contributed by atoms with Crippen molar-refractivity contribution in [2.24, 2.45) is 13.0 Å². The molecule has 4 heterocycles. The number of rotatable bonds is 8. The van der Waals surface area contributed by atoms with Gasteiger partial charge in [0.2, 0.25) is 0 Å². The summed E-state index contributed by atoms with van der Waals surface area (Å²) in [5, 5.41) is 11.4. The first kappa shape index (κ1) is 24.1. The minimum absolute atomic E-state index is 0.0153. The van der Waals surface area contributed by atoms with E-state index in [-0.39, 0.29) is 23.7 Å². The average molecular weight is 513 g/mol. The van der Waals surface area contributed by atoms with Gasteiger partial charge in [-0.15, -0.1) is 10.2 Å². The van der Waals surface area contributed by atoms with Gasteiger partial charge in [-0.2, -0.15) is 13.2 Å². The number of fused-ring (bicyclic) bond motifs is 1. The monoisotopic (exact) mass is 512 g/mol. The number of alkyl halides is 3. The molecule has 0 unspecified atom stereocenters. The Morgan fingerprint density at radius 1 is 1.19 bits per heavy atom. The molecule has 1 aliphatic carbocycles. The molecule has 1 saturated carbocycles. The van der Waals surface area contributed by atoms with Gasteiger partial charge < -0.3 is 14.6 Å². The molecule has 0 atom stereocenters. The van der Waals surface area contributed by atoms with Gasteiger partial charge in [0.05, 0.1) is 19.8 Å². The van der Waals surface area contributed by atoms with Crippen molar-refractivity contribution < 1.29 is 22.7 Å². The Balaban J connectivity index is 1.28. The Morgan fingerprint density at radius 2 is 2.00 bits per heavy atom. The molecule has 2 aliphatic heterocycles. The van der Waals surface area contributed by atoms with Crippen LogP contribution >= 0.6 is 0 Å². The van der Waals surface area contributed by atoms with E-state index in [1.165, 1.54) is 4.90 Å². The Labute approximate surface area is 211 Å². The standard InChI is InChI=1S/C26H27F3N6O2/c1-34-15-31-33-23(34)9-25(13-37-14-25)19-5-4-18-12-35(24(36)20(18)8-19)22-7-17(11-30-10-16-2-3-16)6-21(32-22)26(27,28)29/h4-8,15-16,30H,2-3,9-14H2,1H3. The first-order valence-corrected chi connectivity index (χ1v) is 12.4. The van der Waals surface area contributed by atoms with Crippen LogP contribution < -0.4 is 10.2 Å². The van der Waals surface area contributed by atoms with Crippen molar-refractivity contribution in [2.75, 3.05) is 24.7 Å². The van der Waals surface area contributed by atoms with Crippen LogP contribution in [0.3, 0.4) is 0 Å². The van der Waals surface area contributed by atoms with Crippen molar-refractivity contribution >= 4 is 11.7 Å². The summed E-state index contributed by atoms with van der Waals surface area (Å²) < 4.78 is 48.4. The molecule has 2 aromatic heterocycles. The van der Waals surface area contributed by atoms with Crippen molar-refractivity contribution in [1.82, 2.24) is 25.1 Å². The fourth-order valence-electron chi connectivity index (χ4n) is 5.00. The lowest BCUT2D eigenvalue weighted by Crippen LogP contribution is -2.49. The van der Waals surface area contributed by atoms with E-state index in [1.54, 1.807) is 12.4 Å². The van der Waals surface area contributed by atoms with Crippen molar-refractivity contribution in [3.05, 3.63) is 70.4 Å². The molecule has 1 amide bonds. The number of pyridine rings is 1. The minimum atomic E-state index is -4.61. The molecule has 37 heavy (non-hydrogen) atoms. The van der Waals surface area contributed by atoms with Gasteiger partial charge >= 0.3 is 6.18 Å². The Bertz CT molecular complexity index is 1350. The smallest absolute Gasteiger partial charge is 0.379 e. The van der Waals surface area contributed by atoms with Gasteiger partial charge in [0.1, 0.15) is 23.7 Å². The van der Waals surface area contributed by atoms with Crippen molar-refractivity contribution in [3.63, 3.8) is 0 Å². The number of aromatic nitrogens is 4. The molecule has 1 N–H and O–H groups in total. The van der Waals surface area contributed by atoms with E-state index in [4.69, 9.17) is 4.74 Å². The van der Waals surface area contributed by atoms with E-state index >= 15 is 0 Å². The molecular weight excluding hydrogens is 485 g/mol. The van der Waals surface area contributed by atoms with Crippen LogP contribution in [0.1, 0.15) is 51.4 Å². The lowest BCUT2D eigenvalue weighted by molar-refractivity contribution is -0.141. The molecule has 1 saturated heterocycles. The van der Waals surface area contributed by atoms with Crippen LogP contribution in [0, 0.1) is 5.92 Å². The molecule has 11 heteroatoms. The van der Waals surface area contributed by atoms with Crippen molar-refractivity contribution in [2.45, 2.75) is 43.9 Å². The van der Waals surface area contributed by atoms with Gasteiger partial charge in [0, 0.05) is 31.0 Å². The van der Waals surface area contributed by atoms with Gasteiger partial charge in [0.15, 0.2) is 0 Å². The maximum Gasteiger partial charge on any atom is 0.433 e. The van der Waals surface area contributed by atoms with E-state index in [2.05, 4.69) is 20.5 Å². The number of aryl methyl sites for hydroxylation is 1. The Kier molecular flexibility index (Phi) is 5.79. The fourth-order valence-corrected chi connectivity index (χ4v) is 5.00. The number of nitrogens with zero attached hydrogens (tertiary/aromatic N) is 5. The molecule has 3 aromatic rings. The number of hydrogen-bond donors (Lipinski definition) is 1. The molecule has 0 radical (unpaired) electrons. The zero-order chi connectivity index (χ0) is 25.8. The molecular formula is C26H27F3N6O2. The zero-order valence-corrected chi connectivity index (χ0v) is 20.4.